The predicted molar refractivity (Wildman–Crippen MR) is 170 cm³/mol. The molecule has 0 radical (unpaired) electrons. The van der Waals surface area contributed by atoms with Crippen molar-refractivity contribution >= 4 is 46.6 Å². The van der Waals surface area contributed by atoms with Crippen LogP contribution < -0.4 is 24.4 Å². The number of benzene rings is 3. The third-order valence-electron chi connectivity index (χ3n) is 7.10. The van der Waals surface area contributed by atoms with E-state index in [0.717, 1.165) is 33.6 Å². The molecule has 7 nitrogen and oxygen atoms in total. The van der Waals surface area contributed by atoms with Crippen molar-refractivity contribution < 1.29 is 19.0 Å². The van der Waals surface area contributed by atoms with Gasteiger partial charge in [0.25, 0.3) is 5.56 Å². The molecule has 5 rings (SSSR count). The van der Waals surface area contributed by atoms with Gasteiger partial charge in [0.05, 0.1) is 45.6 Å². The summed E-state index contributed by atoms with van der Waals surface area (Å²) in [6.07, 6.45) is 1.85. The lowest BCUT2D eigenvalue weighted by molar-refractivity contribution is -0.139. The summed E-state index contributed by atoms with van der Waals surface area (Å²) in [5.74, 6) is 0.935. The number of methoxy groups -OCH3 is 1. The summed E-state index contributed by atoms with van der Waals surface area (Å²) < 4.78 is 18.9. The summed E-state index contributed by atoms with van der Waals surface area (Å²) in [5.41, 5.74) is 4.97. The third-order valence-corrected chi connectivity index (χ3v) is 8.82. The highest BCUT2D eigenvalue weighted by Gasteiger charge is 2.33. The number of hydrogen-bond donors (Lipinski definition) is 0. The molecule has 3 aromatic carbocycles. The number of ether oxygens (including phenoxy) is 3. The first-order valence-corrected chi connectivity index (χ1v) is 15.2. The summed E-state index contributed by atoms with van der Waals surface area (Å²) in [6.45, 7) is 8.00. The maximum Gasteiger partial charge on any atom is 0.338 e. The number of thiazole rings is 1. The lowest BCUT2D eigenvalue weighted by Crippen LogP contribution is -2.39. The van der Waals surface area contributed by atoms with Crippen LogP contribution in [0.1, 0.15) is 47.7 Å². The Hall–Kier alpha value is -3.85. The van der Waals surface area contributed by atoms with E-state index in [9.17, 15) is 9.59 Å². The second-order valence-electron chi connectivity index (χ2n) is 10.1. The zero-order chi connectivity index (χ0) is 30.8. The highest BCUT2D eigenvalue weighted by Crippen LogP contribution is 2.32. The van der Waals surface area contributed by atoms with E-state index in [-0.39, 0.29) is 12.2 Å². The number of carbonyl (C=O) groups is 1. The van der Waals surface area contributed by atoms with Crippen molar-refractivity contribution in [2.45, 2.75) is 40.3 Å². The molecule has 2 heterocycles. The van der Waals surface area contributed by atoms with Gasteiger partial charge in [-0.2, -0.15) is 0 Å². The van der Waals surface area contributed by atoms with Crippen molar-refractivity contribution in [2.75, 3.05) is 13.7 Å². The molecule has 10 heteroatoms. The number of carbonyl (C=O) groups excluding carboxylic acids is 1. The van der Waals surface area contributed by atoms with Crippen molar-refractivity contribution in [3.05, 3.63) is 123 Å². The van der Waals surface area contributed by atoms with Crippen LogP contribution in [0.25, 0.3) is 6.08 Å². The second-order valence-corrected chi connectivity index (χ2v) is 11.9. The van der Waals surface area contributed by atoms with E-state index in [2.05, 4.69) is 4.99 Å². The molecule has 0 aliphatic carbocycles. The summed E-state index contributed by atoms with van der Waals surface area (Å²) in [4.78, 5) is 32.2. The van der Waals surface area contributed by atoms with Crippen molar-refractivity contribution in [3.8, 4) is 11.5 Å². The fourth-order valence-corrected chi connectivity index (χ4v) is 6.49. The number of aryl methyl sites for hydroxylation is 2. The Morgan fingerprint density at radius 2 is 1.72 bits per heavy atom. The summed E-state index contributed by atoms with van der Waals surface area (Å²) in [5, 5.41) is 0.974. The fraction of sp³-hybridized carbons (Fsp3) is 0.242. The number of esters is 1. The van der Waals surface area contributed by atoms with Gasteiger partial charge in [0, 0.05) is 0 Å². The van der Waals surface area contributed by atoms with Crippen LogP contribution in [-0.4, -0.2) is 24.3 Å². The van der Waals surface area contributed by atoms with Crippen LogP contribution in [0.15, 0.2) is 75.7 Å². The number of hydrogen-bond acceptors (Lipinski definition) is 7. The highest BCUT2D eigenvalue weighted by molar-refractivity contribution is 7.07. The maximum atomic E-state index is 13.9. The second kappa shape index (κ2) is 12.8. The van der Waals surface area contributed by atoms with Gasteiger partial charge in [-0.3, -0.25) is 9.36 Å². The first-order chi connectivity index (χ1) is 20.6. The Morgan fingerprint density at radius 3 is 2.35 bits per heavy atom. The molecule has 1 aromatic heterocycles. The van der Waals surface area contributed by atoms with Crippen LogP contribution in [0.5, 0.6) is 11.5 Å². The van der Waals surface area contributed by atoms with Gasteiger partial charge in [0.15, 0.2) is 4.80 Å². The van der Waals surface area contributed by atoms with Gasteiger partial charge in [-0.15, -0.1) is 0 Å². The van der Waals surface area contributed by atoms with E-state index in [1.54, 1.807) is 49.8 Å². The summed E-state index contributed by atoms with van der Waals surface area (Å²) in [7, 11) is 1.59. The van der Waals surface area contributed by atoms with E-state index in [4.69, 9.17) is 37.4 Å². The van der Waals surface area contributed by atoms with E-state index >= 15 is 0 Å². The Balaban J connectivity index is 1.54. The molecule has 0 unspecified atom stereocenters. The molecule has 0 bridgehead atoms. The van der Waals surface area contributed by atoms with Gasteiger partial charge >= 0.3 is 5.97 Å². The number of nitrogens with zero attached hydrogens (tertiary/aromatic N) is 2. The van der Waals surface area contributed by atoms with E-state index < -0.39 is 12.0 Å². The average Bonchev–Trinajstić information content (AvgIpc) is 3.27. The molecule has 1 aliphatic rings. The third kappa shape index (κ3) is 6.27. The molecule has 0 saturated heterocycles. The number of fused-ring (bicyclic) bond motifs is 1. The van der Waals surface area contributed by atoms with Crippen LogP contribution in [0.3, 0.4) is 0 Å². The minimum absolute atomic E-state index is 0.210. The van der Waals surface area contributed by atoms with Gasteiger partial charge in [0.1, 0.15) is 18.1 Å². The lowest BCUT2D eigenvalue weighted by Gasteiger charge is -2.24. The van der Waals surface area contributed by atoms with Gasteiger partial charge < -0.3 is 14.2 Å². The quantitative estimate of drug-likeness (QED) is 0.212. The first kappa shape index (κ1) is 30.6. The monoisotopic (exact) mass is 636 g/mol. The van der Waals surface area contributed by atoms with E-state index in [1.807, 2.05) is 50.3 Å². The molecule has 0 saturated carbocycles. The van der Waals surface area contributed by atoms with Gasteiger partial charge in [0.2, 0.25) is 0 Å². The smallest absolute Gasteiger partial charge is 0.338 e. The molecule has 1 atom stereocenters. The molecule has 0 fully saturated rings. The molecular formula is C33H30Cl2N2O5S. The molecule has 0 amide bonds. The Labute approximate surface area is 263 Å². The summed E-state index contributed by atoms with van der Waals surface area (Å²) >= 11 is 13.5. The maximum absolute atomic E-state index is 13.9. The highest BCUT2D eigenvalue weighted by atomic mass is 35.5. The van der Waals surface area contributed by atoms with Crippen molar-refractivity contribution in [2.24, 2.45) is 4.99 Å². The molecule has 43 heavy (non-hydrogen) atoms. The molecule has 0 spiro atoms. The number of aromatic nitrogens is 1. The van der Waals surface area contributed by atoms with Gasteiger partial charge in [-0.1, -0.05) is 52.7 Å². The minimum atomic E-state index is -0.691. The Kier molecular flexibility index (Phi) is 9.11. The van der Waals surface area contributed by atoms with Crippen molar-refractivity contribution in [1.29, 1.82) is 0 Å². The van der Waals surface area contributed by atoms with Gasteiger partial charge in [-0.05, 0) is 98.0 Å². The zero-order valence-corrected chi connectivity index (χ0v) is 26.7. The van der Waals surface area contributed by atoms with E-state index in [1.165, 1.54) is 11.3 Å². The molecular weight excluding hydrogens is 607 g/mol. The summed E-state index contributed by atoms with van der Waals surface area (Å²) in [6, 6.07) is 16.0. The largest absolute Gasteiger partial charge is 0.497 e. The fourth-order valence-electron chi connectivity index (χ4n) is 5.12. The van der Waals surface area contributed by atoms with E-state index in [0.29, 0.717) is 43.0 Å². The lowest BCUT2D eigenvalue weighted by atomic mass is 9.96. The molecule has 222 valence electrons. The predicted octanol–water partition coefficient (Wildman–Crippen LogP) is 6.31. The standard InChI is InChI=1S/C33H30Cl2N2O5S/c1-6-41-32(39)28-20(4)36-33-37(29(28)23-8-10-24(40-5)11-9-23)31(38)27(43-33)16-22-13-18(2)30(19(3)14-22)42-17-21-7-12-25(34)26(35)15-21/h7-16,29H,6,17H2,1-5H3/b27-16-/t29-/m0/s1. The SMILES string of the molecule is CCOC(=O)C1=C(C)N=c2s/c(=C\c3cc(C)c(OCc4ccc(Cl)c(Cl)c4)c(C)c3)c(=O)n2[C@H]1c1ccc(OC)cc1. The molecule has 0 N–H and O–H groups in total. The van der Waals surface area contributed by atoms with Crippen LogP contribution in [0.2, 0.25) is 10.0 Å². The van der Waals surface area contributed by atoms with Crippen molar-refractivity contribution in [1.82, 2.24) is 4.57 Å². The topological polar surface area (TPSA) is 79.1 Å². The molecule has 1 aliphatic heterocycles. The van der Waals surface area contributed by atoms with Crippen LogP contribution in [-0.2, 0) is 16.1 Å². The van der Waals surface area contributed by atoms with Crippen LogP contribution in [0.4, 0.5) is 0 Å². The average molecular weight is 638 g/mol. The van der Waals surface area contributed by atoms with Gasteiger partial charge in [-0.25, -0.2) is 9.79 Å². The first-order valence-electron chi connectivity index (χ1n) is 13.6. The minimum Gasteiger partial charge on any atom is -0.497 e. The van der Waals surface area contributed by atoms with Crippen molar-refractivity contribution in [3.63, 3.8) is 0 Å². The van der Waals surface area contributed by atoms with Crippen LogP contribution in [0, 0.1) is 13.8 Å². The Bertz CT molecular complexity index is 1900. The van der Waals surface area contributed by atoms with Crippen LogP contribution >= 0.6 is 34.5 Å². The Morgan fingerprint density at radius 1 is 1.02 bits per heavy atom. The molecule has 4 aromatic rings. The number of allylic oxidation sites excluding steroid dienone is 1. The zero-order valence-electron chi connectivity index (χ0n) is 24.4. The normalized spacial score (nSPS) is 14.8. The number of rotatable bonds is 8. The number of halogens is 2.